The normalized spacial score (nSPS) is 10.5. The Morgan fingerprint density at radius 3 is 2.86 bits per heavy atom. The first-order valence-electron chi connectivity index (χ1n) is 3.62. The molecule has 2 rings (SSSR count). The summed E-state index contributed by atoms with van der Waals surface area (Å²) < 4.78 is 19.2. The number of nitrogens with zero attached hydrogens (tertiary/aromatic N) is 2. The first kappa shape index (κ1) is 10.0. The molecule has 72 valence electrons. The monoisotopic (exact) mass is 368 g/mol. The van der Waals surface area contributed by atoms with Crippen molar-refractivity contribution in [3.63, 3.8) is 0 Å². The maximum atomic E-state index is 13.5. The van der Waals surface area contributed by atoms with Gasteiger partial charge >= 0.3 is 0 Å². The summed E-state index contributed by atoms with van der Waals surface area (Å²) in [5.41, 5.74) is 0.301. The van der Waals surface area contributed by atoms with Gasteiger partial charge in [0.1, 0.15) is 5.82 Å². The van der Waals surface area contributed by atoms with E-state index in [2.05, 4.69) is 26.1 Å². The molecule has 2 aromatic rings. The second-order valence-electron chi connectivity index (χ2n) is 2.47. The predicted octanol–water partition coefficient (Wildman–Crippen LogP) is 3.24. The third kappa shape index (κ3) is 1.81. The highest BCUT2D eigenvalue weighted by Crippen LogP contribution is 2.26. The van der Waals surface area contributed by atoms with Gasteiger partial charge in [-0.2, -0.15) is 4.98 Å². The minimum atomic E-state index is -0.396. The molecule has 1 aromatic carbocycles. The quantitative estimate of drug-likeness (QED) is 0.725. The highest BCUT2D eigenvalue weighted by molar-refractivity contribution is 14.1. The van der Waals surface area contributed by atoms with E-state index in [1.807, 2.05) is 22.6 Å². The molecule has 0 bridgehead atoms. The van der Waals surface area contributed by atoms with Crippen LogP contribution < -0.4 is 0 Å². The van der Waals surface area contributed by atoms with Crippen molar-refractivity contribution >= 4 is 38.5 Å². The highest BCUT2D eigenvalue weighted by atomic mass is 127. The molecule has 1 aromatic heterocycles. The molecule has 0 amide bonds. The number of rotatable bonds is 1. The second kappa shape index (κ2) is 3.93. The van der Waals surface area contributed by atoms with Gasteiger partial charge in [-0.05, 0) is 28.1 Å². The molecule has 14 heavy (non-hydrogen) atoms. The molecule has 3 nitrogen and oxygen atoms in total. The van der Waals surface area contributed by atoms with Crippen LogP contribution in [0.15, 0.2) is 27.2 Å². The average molecular weight is 369 g/mol. The van der Waals surface area contributed by atoms with Crippen molar-refractivity contribution in [1.29, 1.82) is 0 Å². The van der Waals surface area contributed by atoms with Crippen LogP contribution in [0.2, 0.25) is 0 Å². The number of aromatic nitrogens is 2. The first-order chi connectivity index (χ1) is 6.68. The third-order valence-corrected chi connectivity index (χ3v) is 2.63. The van der Waals surface area contributed by atoms with Crippen molar-refractivity contribution < 1.29 is 8.91 Å². The van der Waals surface area contributed by atoms with Gasteiger partial charge in [0.05, 0.1) is 10.0 Å². The van der Waals surface area contributed by atoms with Crippen LogP contribution in [-0.4, -0.2) is 10.1 Å². The lowest BCUT2D eigenvalue weighted by atomic mass is 10.2. The molecule has 6 heteroatoms. The molecule has 0 aliphatic rings. The van der Waals surface area contributed by atoms with Gasteiger partial charge in [0.25, 0.3) is 5.89 Å². The lowest BCUT2D eigenvalue weighted by molar-refractivity contribution is 0.423. The smallest absolute Gasteiger partial charge is 0.261 e. The standard InChI is InChI=1S/C8H3BrFIN2O/c9-5-3-1-2-4(6(5)10)7-12-8(11)13-14-7/h1-3H. The fraction of sp³-hybridized carbons (Fsp3) is 0. The average Bonchev–Trinajstić information content (AvgIpc) is 2.57. The Balaban J connectivity index is 2.57. The van der Waals surface area contributed by atoms with Crippen LogP contribution in [0.5, 0.6) is 0 Å². The SMILES string of the molecule is Fc1c(Br)cccc1-c1nc(I)no1. The fourth-order valence-electron chi connectivity index (χ4n) is 0.984. The zero-order valence-corrected chi connectivity index (χ0v) is 10.4. The Kier molecular flexibility index (Phi) is 2.82. The van der Waals surface area contributed by atoms with Crippen LogP contribution in [0.4, 0.5) is 4.39 Å². The van der Waals surface area contributed by atoms with Crippen LogP contribution in [0, 0.1) is 9.65 Å². The van der Waals surface area contributed by atoms with Gasteiger partial charge in [0.2, 0.25) is 3.83 Å². The highest BCUT2D eigenvalue weighted by Gasteiger charge is 2.13. The number of halogens is 3. The second-order valence-corrected chi connectivity index (χ2v) is 4.29. The molecule has 0 radical (unpaired) electrons. The molecule has 0 atom stereocenters. The summed E-state index contributed by atoms with van der Waals surface area (Å²) in [5, 5.41) is 3.58. The van der Waals surface area contributed by atoms with Gasteiger partial charge in [-0.15, -0.1) is 0 Å². The van der Waals surface area contributed by atoms with Gasteiger partial charge < -0.3 is 4.52 Å². The van der Waals surface area contributed by atoms with E-state index >= 15 is 0 Å². The van der Waals surface area contributed by atoms with E-state index in [0.717, 1.165) is 0 Å². The van der Waals surface area contributed by atoms with E-state index in [9.17, 15) is 4.39 Å². The molecular weight excluding hydrogens is 366 g/mol. The van der Waals surface area contributed by atoms with Crippen LogP contribution in [-0.2, 0) is 0 Å². The summed E-state index contributed by atoms with van der Waals surface area (Å²) >= 11 is 4.98. The van der Waals surface area contributed by atoms with Crippen LogP contribution in [0.3, 0.4) is 0 Å². The van der Waals surface area contributed by atoms with Gasteiger partial charge in [0.15, 0.2) is 0 Å². The molecule has 0 aliphatic heterocycles. The van der Waals surface area contributed by atoms with Crippen molar-refractivity contribution in [2.75, 3.05) is 0 Å². The first-order valence-corrected chi connectivity index (χ1v) is 5.49. The van der Waals surface area contributed by atoms with Crippen molar-refractivity contribution in [1.82, 2.24) is 10.1 Å². The van der Waals surface area contributed by atoms with Crippen molar-refractivity contribution in [2.45, 2.75) is 0 Å². The van der Waals surface area contributed by atoms with E-state index in [0.29, 0.717) is 13.9 Å². The van der Waals surface area contributed by atoms with E-state index in [4.69, 9.17) is 4.52 Å². The molecule has 0 saturated carbocycles. The molecule has 0 spiro atoms. The molecule has 0 saturated heterocycles. The van der Waals surface area contributed by atoms with E-state index in [-0.39, 0.29) is 5.89 Å². The zero-order chi connectivity index (χ0) is 10.1. The molecule has 0 fully saturated rings. The number of benzene rings is 1. The summed E-state index contributed by atoms with van der Waals surface area (Å²) in [4.78, 5) is 3.93. The molecule has 1 heterocycles. The summed E-state index contributed by atoms with van der Waals surface area (Å²) in [7, 11) is 0. The van der Waals surface area contributed by atoms with Crippen LogP contribution >= 0.6 is 38.5 Å². The van der Waals surface area contributed by atoms with Crippen molar-refractivity contribution in [3.05, 3.63) is 32.3 Å². The Hall–Kier alpha value is -0.500. The lowest BCUT2D eigenvalue weighted by Crippen LogP contribution is -1.85. The Labute approximate surface area is 101 Å². The number of hydrogen-bond acceptors (Lipinski definition) is 3. The maximum absolute atomic E-state index is 13.5. The van der Waals surface area contributed by atoms with Gasteiger partial charge in [-0.25, -0.2) is 4.39 Å². The molecular formula is C8H3BrFIN2O. The minimum Gasteiger partial charge on any atom is -0.333 e. The van der Waals surface area contributed by atoms with E-state index < -0.39 is 5.82 Å². The van der Waals surface area contributed by atoms with E-state index in [1.165, 1.54) is 0 Å². The van der Waals surface area contributed by atoms with Crippen molar-refractivity contribution in [3.8, 4) is 11.5 Å². The summed E-state index contributed by atoms with van der Waals surface area (Å²) in [6.45, 7) is 0. The molecule has 0 aliphatic carbocycles. The minimum absolute atomic E-state index is 0.188. The molecule has 0 N–H and O–H groups in total. The van der Waals surface area contributed by atoms with Crippen LogP contribution in [0.25, 0.3) is 11.5 Å². The van der Waals surface area contributed by atoms with Crippen molar-refractivity contribution in [2.24, 2.45) is 0 Å². The van der Waals surface area contributed by atoms with Crippen LogP contribution in [0.1, 0.15) is 0 Å². The summed E-state index contributed by atoms with van der Waals surface area (Å²) in [5.74, 6) is -0.208. The molecule has 0 unspecified atom stereocenters. The van der Waals surface area contributed by atoms with Gasteiger partial charge in [-0.3, -0.25) is 0 Å². The van der Waals surface area contributed by atoms with E-state index in [1.54, 1.807) is 18.2 Å². The maximum Gasteiger partial charge on any atom is 0.261 e. The Morgan fingerprint density at radius 1 is 1.43 bits per heavy atom. The largest absolute Gasteiger partial charge is 0.333 e. The topological polar surface area (TPSA) is 38.9 Å². The number of hydrogen-bond donors (Lipinski definition) is 0. The lowest BCUT2D eigenvalue weighted by Gasteiger charge is -1.97. The fourth-order valence-corrected chi connectivity index (χ4v) is 1.67. The van der Waals surface area contributed by atoms with Gasteiger partial charge in [0, 0.05) is 22.6 Å². The Morgan fingerprint density at radius 2 is 2.21 bits per heavy atom. The third-order valence-electron chi connectivity index (χ3n) is 1.58. The predicted molar refractivity (Wildman–Crippen MR) is 60.1 cm³/mol. The zero-order valence-electron chi connectivity index (χ0n) is 6.67. The summed E-state index contributed by atoms with van der Waals surface area (Å²) in [6, 6.07) is 4.91. The Bertz CT molecular complexity index is 474. The van der Waals surface area contributed by atoms with Gasteiger partial charge in [-0.1, -0.05) is 11.2 Å². The summed E-state index contributed by atoms with van der Waals surface area (Å²) in [6.07, 6.45) is 0.